The Balaban J connectivity index is 1.49. The Morgan fingerprint density at radius 2 is 1.57 bits per heavy atom. The first-order valence-corrected chi connectivity index (χ1v) is 10.3. The van der Waals surface area contributed by atoms with Crippen molar-refractivity contribution in [1.82, 2.24) is 10.6 Å². The third-order valence-corrected chi connectivity index (χ3v) is 4.66. The van der Waals surface area contributed by atoms with E-state index in [0.29, 0.717) is 23.6 Å². The summed E-state index contributed by atoms with van der Waals surface area (Å²) < 4.78 is 0. The number of carbonyl (C=O) groups is 2. The second-order valence-electron chi connectivity index (χ2n) is 7.16. The van der Waals surface area contributed by atoms with Crippen LogP contribution < -0.4 is 21.3 Å². The summed E-state index contributed by atoms with van der Waals surface area (Å²) in [5, 5.41) is 20.4. The number of hydrogen-bond donors (Lipinski definition) is 4. The van der Waals surface area contributed by atoms with Gasteiger partial charge in [0.25, 0.3) is 0 Å². The van der Waals surface area contributed by atoms with Crippen molar-refractivity contribution < 1.29 is 9.59 Å². The molecule has 1 aliphatic rings. The zero-order valence-electron chi connectivity index (χ0n) is 17.1. The van der Waals surface area contributed by atoms with Gasteiger partial charge in [-0.25, -0.2) is 0 Å². The van der Waals surface area contributed by atoms with E-state index in [0.717, 1.165) is 38.0 Å². The van der Waals surface area contributed by atoms with Gasteiger partial charge in [0.1, 0.15) is 0 Å². The van der Waals surface area contributed by atoms with Gasteiger partial charge < -0.3 is 21.3 Å². The molecule has 1 fully saturated rings. The van der Waals surface area contributed by atoms with Crippen molar-refractivity contribution in [3.63, 3.8) is 0 Å². The van der Waals surface area contributed by atoms with Gasteiger partial charge in [-0.3, -0.25) is 9.59 Å². The third-order valence-electron chi connectivity index (χ3n) is 4.66. The number of nitrogens with one attached hydrogen (secondary N) is 4. The van der Waals surface area contributed by atoms with Gasteiger partial charge in [0, 0.05) is 11.4 Å². The summed E-state index contributed by atoms with van der Waals surface area (Å²) in [7, 11) is 0. The monoisotopic (exact) mass is 408 g/mol. The summed E-state index contributed by atoms with van der Waals surface area (Å²) in [5.74, 6) is -0.0797. The molecule has 0 saturated carbocycles. The molecule has 0 aliphatic carbocycles. The topological polar surface area (TPSA) is 107 Å². The van der Waals surface area contributed by atoms with E-state index in [1.54, 1.807) is 36.4 Å². The van der Waals surface area contributed by atoms with Crippen LogP contribution in [-0.2, 0) is 9.59 Å². The lowest BCUT2D eigenvalue weighted by molar-refractivity contribution is -0.118. The van der Waals surface area contributed by atoms with Gasteiger partial charge in [0.2, 0.25) is 11.8 Å². The van der Waals surface area contributed by atoms with Crippen LogP contribution in [0.1, 0.15) is 26.2 Å². The second kappa shape index (κ2) is 11.2. The zero-order valence-corrected chi connectivity index (χ0v) is 17.1. The predicted octanol–water partition coefficient (Wildman–Crippen LogP) is 3.73. The lowest BCUT2D eigenvalue weighted by Gasteiger charge is -2.10. The predicted molar refractivity (Wildman–Crippen MR) is 119 cm³/mol. The Labute approximate surface area is 176 Å². The molecule has 1 aliphatic heterocycles. The highest BCUT2D eigenvalue weighted by Gasteiger charge is 2.21. The number of nitrogens with zero attached hydrogens (tertiary/aromatic N) is 2. The fourth-order valence-electron chi connectivity index (χ4n) is 3.06. The van der Waals surface area contributed by atoms with Crippen LogP contribution in [0.15, 0.2) is 58.8 Å². The summed E-state index contributed by atoms with van der Waals surface area (Å²) in [6.45, 7) is 4.06. The summed E-state index contributed by atoms with van der Waals surface area (Å²) in [5.41, 5.74) is 2.82. The standard InChI is InChI=1S/C22H28N6O2/c1-2-13-23-15-21(29)25-16-5-9-18(10-6-16)27-28-19-11-7-17(8-12-19)26-22(30)20-4-3-14-24-20/h5-12,20,23-24H,2-4,13-15H2,1H3,(H,25,29)(H,26,30). The smallest absolute Gasteiger partial charge is 0.241 e. The molecule has 8 nitrogen and oxygen atoms in total. The van der Waals surface area contributed by atoms with Crippen LogP contribution in [0, 0.1) is 0 Å². The minimum Gasteiger partial charge on any atom is -0.325 e. The fourth-order valence-corrected chi connectivity index (χ4v) is 3.06. The molecule has 1 atom stereocenters. The van der Waals surface area contributed by atoms with E-state index in [1.807, 2.05) is 12.1 Å². The number of anilines is 2. The Hall–Kier alpha value is -3.10. The molecule has 3 rings (SSSR count). The Kier molecular flexibility index (Phi) is 8.05. The van der Waals surface area contributed by atoms with Crippen molar-refractivity contribution in [1.29, 1.82) is 0 Å². The van der Waals surface area contributed by atoms with Gasteiger partial charge in [-0.1, -0.05) is 6.92 Å². The van der Waals surface area contributed by atoms with Gasteiger partial charge in [-0.2, -0.15) is 10.2 Å². The SMILES string of the molecule is CCCNCC(=O)Nc1ccc(N=Nc2ccc(NC(=O)C3CCCN3)cc2)cc1. The molecule has 0 spiro atoms. The first kappa shape index (κ1) is 21.6. The average molecular weight is 409 g/mol. The number of hydrogen-bond acceptors (Lipinski definition) is 6. The molecule has 0 aromatic heterocycles. The summed E-state index contributed by atoms with van der Waals surface area (Å²) in [6, 6.07) is 14.3. The van der Waals surface area contributed by atoms with Crippen LogP contribution in [0.4, 0.5) is 22.7 Å². The van der Waals surface area contributed by atoms with Crippen LogP contribution in [0.3, 0.4) is 0 Å². The maximum absolute atomic E-state index is 12.1. The Bertz CT molecular complexity index is 858. The summed E-state index contributed by atoms with van der Waals surface area (Å²) >= 11 is 0. The van der Waals surface area contributed by atoms with E-state index in [-0.39, 0.29) is 17.9 Å². The molecule has 2 aromatic rings. The molecule has 1 unspecified atom stereocenters. The molecule has 158 valence electrons. The first-order chi connectivity index (χ1) is 14.6. The van der Waals surface area contributed by atoms with Gasteiger partial charge in [0.15, 0.2) is 0 Å². The third kappa shape index (κ3) is 6.75. The molecule has 30 heavy (non-hydrogen) atoms. The van der Waals surface area contributed by atoms with Crippen molar-refractivity contribution >= 4 is 34.6 Å². The summed E-state index contributed by atoms with van der Waals surface area (Å²) in [4.78, 5) is 23.9. The average Bonchev–Trinajstić information content (AvgIpc) is 3.30. The molecular weight excluding hydrogens is 380 g/mol. The van der Waals surface area contributed by atoms with Crippen molar-refractivity contribution in [2.24, 2.45) is 10.2 Å². The molecule has 4 N–H and O–H groups in total. The second-order valence-corrected chi connectivity index (χ2v) is 7.16. The molecule has 0 bridgehead atoms. The van der Waals surface area contributed by atoms with E-state index in [1.165, 1.54) is 0 Å². The van der Waals surface area contributed by atoms with E-state index >= 15 is 0 Å². The van der Waals surface area contributed by atoms with Crippen LogP contribution in [-0.4, -0.2) is 37.5 Å². The maximum Gasteiger partial charge on any atom is 0.241 e. The largest absolute Gasteiger partial charge is 0.325 e. The van der Waals surface area contributed by atoms with Gasteiger partial charge in [0.05, 0.1) is 24.0 Å². The number of rotatable bonds is 9. The fraction of sp³-hybridized carbons (Fsp3) is 0.364. The van der Waals surface area contributed by atoms with E-state index in [9.17, 15) is 9.59 Å². The number of benzene rings is 2. The number of azo groups is 1. The quantitative estimate of drug-likeness (QED) is 0.375. The maximum atomic E-state index is 12.1. The Morgan fingerprint density at radius 1 is 0.967 bits per heavy atom. The molecule has 2 aromatic carbocycles. The highest BCUT2D eigenvalue weighted by molar-refractivity contribution is 5.95. The van der Waals surface area contributed by atoms with Crippen molar-refractivity contribution in [2.75, 3.05) is 30.3 Å². The highest BCUT2D eigenvalue weighted by Crippen LogP contribution is 2.22. The molecule has 1 saturated heterocycles. The highest BCUT2D eigenvalue weighted by atomic mass is 16.2. The van der Waals surface area contributed by atoms with Crippen LogP contribution in [0.5, 0.6) is 0 Å². The van der Waals surface area contributed by atoms with Crippen molar-refractivity contribution in [2.45, 2.75) is 32.2 Å². The van der Waals surface area contributed by atoms with E-state index < -0.39 is 0 Å². The van der Waals surface area contributed by atoms with Gasteiger partial charge >= 0.3 is 0 Å². The minimum absolute atomic E-state index is 0.00444. The molecule has 2 amide bonds. The minimum atomic E-state index is -0.107. The van der Waals surface area contributed by atoms with Crippen LogP contribution in [0.2, 0.25) is 0 Å². The first-order valence-electron chi connectivity index (χ1n) is 10.3. The summed E-state index contributed by atoms with van der Waals surface area (Å²) in [6.07, 6.45) is 2.89. The molecule has 8 heteroatoms. The van der Waals surface area contributed by atoms with E-state index in [4.69, 9.17) is 0 Å². The van der Waals surface area contributed by atoms with Crippen molar-refractivity contribution in [3.8, 4) is 0 Å². The molecule has 1 heterocycles. The van der Waals surface area contributed by atoms with Gasteiger partial charge in [-0.15, -0.1) is 0 Å². The van der Waals surface area contributed by atoms with Crippen molar-refractivity contribution in [3.05, 3.63) is 48.5 Å². The molecule has 0 radical (unpaired) electrons. The number of amides is 2. The lowest BCUT2D eigenvalue weighted by Crippen LogP contribution is -2.35. The zero-order chi connectivity index (χ0) is 21.2. The molecular formula is C22H28N6O2. The van der Waals surface area contributed by atoms with Gasteiger partial charge in [-0.05, 0) is 80.9 Å². The normalized spacial score (nSPS) is 16.0. The van der Waals surface area contributed by atoms with E-state index in [2.05, 4.69) is 38.4 Å². The Morgan fingerprint density at radius 3 is 2.10 bits per heavy atom. The lowest BCUT2D eigenvalue weighted by atomic mass is 10.2. The number of carbonyl (C=O) groups excluding carboxylic acids is 2. The van der Waals surface area contributed by atoms with Crippen LogP contribution in [0.25, 0.3) is 0 Å². The van der Waals surface area contributed by atoms with Crippen LogP contribution >= 0.6 is 0 Å².